The largest absolute Gasteiger partial charge is 0.369 e. The molecule has 162 valence electrons. The average Bonchev–Trinajstić information content (AvgIpc) is 2.72. The van der Waals surface area contributed by atoms with E-state index in [2.05, 4.69) is 9.62 Å². The highest BCUT2D eigenvalue weighted by molar-refractivity contribution is 7.89. The number of nitrogens with two attached hydrogens (primary N) is 1. The molecule has 1 aliphatic rings. The van der Waals surface area contributed by atoms with Crippen LogP contribution < -0.4 is 10.5 Å². The van der Waals surface area contributed by atoms with Gasteiger partial charge in [0.05, 0.1) is 10.8 Å². The Kier molecular flexibility index (Phi) is 8.60. The second kappa shape index (κ2) is 10.7. The molecule has 1 aromatic rings. The van der Waals surface area contributed by atoms with Crippen molar-refractivity contribution in [1.29, 1.82) is 0 Å². The molecule has 1 heterocycles. The van der Waals surface area contributed by atoms with Gasteiger partial charge < -0.3 is 15.5 Å². The number of piperidine rings is 1. The van der Waals surface area contributed by atoms with Gasteiger partial charge >= 0.3 is 0 Å². The zero-order valence-electron chi connectivity index (χ0n) is 17.3. The minimum atomic E-state index is -3.63. The molecular weight excluding hydrogens is 392 g/mol. The van der Waals surface area contributed by atoms with Crippen LogP contribution in [0.4, 0.5) is 0 Å². The number of nitrogens with one attached hydrogen (secondary N) is 1. The van der Waals surface area contributed by atoms with Crippen molar-refractivity contribution in [2.45, 2.75) is 38.0 Å². The zero-order chi connectivity index (χ0) is 21.4. The summed E-state index contributed by atoms with van der Waals surface area (Å²) in [6, 6.07) is 6.02. The van der Waals surface area contributed by atoms with Crippen LogP contribution in [0.3, 0.4) is 0 Å². The van der Waals surface area contributed by atoms with Gasteiger partial charge in [0.2, 0.25) is 15.9 Å². The first-order chi connectivity index (χ1) is 13.8. The number of carbonyl (C=O) groups is 2. The van der Waals surface area contributed by atoms with Crippen molar-refractivity contribution < 1.29 is 18.0 Å². The van der Waals surface area contributed by atoms with E-state index >= 15 is 0 Å². The van der Waals surface area contributed by atoms with Gasteiger partial charge in [0, 0.05) is 31.7 Å². The number of likely N-dealkylation sites (tertiary alicyclic amines) is 1. The summed E-state index contributed by atoms with van der Waals surface area (Å²) in [7, 11) is -3.63. The predicted octanol–water partition coefficient (Wildman–Crippen LogP) is 1.03. The number of nitrogens with zero attached hydrogens (tertiary/aromatic N) is 2. The third kappa shape index (κ3) is 6.52. The van der Waals surface area contributed by atoms with Crippen LogP contribution in [0.15, 0.2) is 29.2 Å². The molecule has 3 N–H and O–H groups in total. The maximum Gasteiger partial charge on any atom is 0.253 e. The number of hydrogen-bond donors (Lipinski definition) is 2. The fourth-order valence-electron chi connectivity index (χ4n) is 3.55. The van der Waals surface area contributed by atoms with Crippen molar-refractivity contribution in [3.63, 3.8) is 0 Å². The number of amides is 2. The number of primary amides is 1. The minimum Gasteiger partial charge on any atom is -0.369 e. The molecule has 0 aliphatic carbocycles. The smallest absolute Gasteiger partial charge is 0.253 e. The quantitative estimate of drug-likeness (QED) is 0.545. The Bertz CT molecular complexity index is 791. The molecule has 8 nitrogen and oxygen atoms in total. The van der Waals surface area contributed by atoms with E-state index in [1.54, 1.807) is 17.0 Å². The normalized spacial score (nSPS) is 17.8. The van der Waals surface area contributed by atoms with Crippen molar-refractivity contribution in [2.75, 3.05) is 39.3 Å². The highest BCUT2D eigenvalue weighted by Crippen LogP contribution is 2.16. The Morgan fingerprint density at radius 1 is 1.21 bits per heavy atom. The van der Waals surface area contributed by atoms with E-state index in [1.165, 1.54) is 12.1 Å². The molecule has 0 saturated carbocycles. The van der Waals surface area contributed by atoms with Gasteiger partial charge in [-0.3, -0.25) is 9.59 Å². The zero-order valence-corrected chi connectivity index (χ0v) is 18.1. The van der Waals surface area contributed by atoms with Gasteiger partial charge in [-0.2, -0.15) is 0 Å². The maximum absolute atomic E-state index is 12.5. The fourth-order valence-corrected chi connectivity index (χ4v) is 4.63. The molecule has 1 aromatic carbocycles. The van der Waals surface area contributed by atoms with Crippen molar-refractivity contribution in [3.05, 3.63) is 29.8 Å². The summed E-state index contributed by atoms with van der Waals surface area (Å²) in [4.78, 5) is 27.6. The number of rotatable bonds is 10. The first-order valence-electron chi connectivity index (χ1n) is 10.2. The van der Waals surface area contributed by atoms with E-state index in [9.17, 15) is 18.0 Å². The summed E-state index contributed by atoms with van der Waals surface area (Å²) in [6.45, 7) is 7.58. The minimum absolute atomic E-state index is 0.109. The first-order valence-corrected chi connectivity index (χ1v) is 11.7. The van der Waals surface area contributed by atoms with Crippen molar-refractivity contribution >= 4 is 21.8 Å². The van der Waals surface area contributed by atoms with E-state index < -0.39 is 10.0 Å². The topological polar surface area (TPSA) is 113 Å². The lowest BCUT2D eigenvalue weighted by Crippen LogP contribution is -2.42. The molecule has 0 radical (unpaired) electrons. The summed E-state index contributed by atoms with van der Waals surface area (Å²) in [5.41, 5.74) is 5.86. The van der Waals surface area contributed by atoms with E-state index in [0.717, 1.165) is 19.4 Å². The molecule has 9 heteroatoms. The second-order valence-electron chi connectivity index (χ2n) is 7.30. The lowest BCUT2D eigenvalue weighted by Gasteiger charge is -2.31. The molecule has 1 atom stereocenters. The molecule has 2 amide bonds. The Hall–Kier alpha value is -1.97. The fraction of sp³-hybridized carbons (Fsp3) is 0.600. The third-order valence-electron chi connectivity index (χ3n) is 5.31. The second-order valence-corrected chi connectivity index (χ2v) is 9.06. The summed E-state index contributed by atoms with van der Waals surface area (Å²) >= 11 is 0. The van der Waals surface area contributed by atoms with Gasteiger partial charge in [0.15, 0.2) is 0 Å². The predicted molar refractivity (Wildman–Crippen MR) is 112 cm³/mol. The lowest BCUT2D eigenvalue weighted by atomic mass is 9.97. The van der Waals surface area contributed by atoms with E-state index in [4.69, 9.17) is 5.73 Å². The van der Waals surface area contributed by atoms with Gasteiger partial charge in [-0.05, 0) is 70.5 Å². The molecule has 0 bridgehead atoms. The molecule has 1 unspecified atom stereocenters. The maximum atomic E-state index is 12.5. The molecule has 1 aliphatic heterocycles. The van der Waals surface area contributed by atoms with Crippen molar-refractivity contribution in [1.82, 2.24) is 14.5 Å². The first kappa shape index (κ1) is 23.3. The summed E-state index contributed by atoms with van der Waals surface area (Å²) in [5, 5.41) is 0. The summed E-state index contributed by atoms with van der Waals surface area (Å²) in [6.07, 6.45) is 2.40. The highest BCUT2D eigenvalue weighted by atomic mass is 32.2. The Morgan fingerprint density at radius 2 is 1.86 bits per heavy atom. The standard InChI is InChI=1S/C20H32N4O4S/c1-3-24(4-2)20(26)16-8-10-18(11-9-16)29(27,28)22-12-6-14-23-13-5-7-17(15-23)19(21)25/h8-11,17,22H,3-7,12-15H2,1-2H3,(H2,21,25). The van der Waals surface area contributed by atoms with Crippen molar-refractivity contribution in [2.24, 2.45) is 11.7 Å². The lowest BCUT2D eigenvalue weighted by molar-refractivity contribution is -0.123. The van der Waals surface area contributed by atoms with Crippen LogP contribution in [0.1, 0.15) is 43.5 Å². The summed E-state index contributed by atoms with van der Waals surface area (Å²) < 4.78 is 27.5. The van der Waals surface area contributed by atoms with Crippen LogP contribution in [0, 0.1) is 5.92 Å². The molecule has 2 rings (SSSR count). The number of sulfonamides is 1. The molecular formula is C20H32N4O4S. The SMILES string of the molecule is CCN(CC)C(=O)c1ccc(S(=O)(=O)NCCCN2CCCC(C(N)=O)C2)cc1. The van der Waals surface area contributed by atoms with E-state index in [-0.39, 0.29) is 22.6 Å². The van der Waals surface area contributed by atoms with Gasteiger partial charge in [0.1, 0.15) is 0 Å². The monoisotopic (exact) mass is 424 g/mol. The Morgan fingerprint density at radius 3 is 2.45 bits per heavy atom. The molecule has 1 fully saturated rings. The van der Waals surface area contributed by atoms with Gasteiger partial charge in [-0.15, -0.1) is 0 Å². The van der Waals surface area contributed by atoms with Gasteiger partial charge in [0.25, 0.3) is 5.91 Å². The Balaban J connectivity index is 1.85. The summed E-state index contributed by atoms with van der Waals surface area (Å²) in [5.74, 6) is -0.487. The van der Waals surface area contributed by atoms with Crippen molar-refractivity contribution in [3.8, 4) is 0 Å². The van der Waals surface area contributed by atoms with Gasteiger partial charge in [-0.1, -0.05) is 0 Å². The molecule has 29 heavy (non-hydrogen) atoms. The number of benzene rings is 1. The number of hydrogen-bond acceptors (Lipinski definition) is 5. The van der Waals surface area contributed by atoms with Crippen LogP contribution >= 0.6 is 0 Å². The molecule has 0 aromatic heterocycles. The van der Waals surface area contributed by atoms with Crippen LogP contribution in [0.5, 0.6) is 0 Å². The third-order valence-corrected chi connectivity index (χ3v) is 6.79. The van der Waals surface area contributed by atoms with E-state index in [1.807, 2.05) is 13.8 Å². The van der Waals surface area contributed by atoms with Crippen LogP contribution in [-0.2, 0) is 14.8 Å². The van der Waals surface area contributed by atoms with Crippen LogP contribution in [-0.4, -0.2) is 69.3 Å². The number of carbonyl (C=O) groups excluding carboxylic acids is 2. The molecule has 0 spiro atoms. The van der Waals surface area contributed by atoms with Crippen LogP contribution in [0.2, 0.25) is 0 Å². The average molecular weight is 425 g/mol. The highest BCUT2D eigenvalue weighted by Gasteiger charge is 2.23. The van der Waals surface area contributed by atoms with E-state index in [0.29, 0.717) is 44.7 Å². The Labute approximate surface area is 173 Å². The van der Waals surface area contributed by atoms with Gasteiger partial charge in [-0.25, -0.2) is 13.1 Å². The van der Waals surface area contributed by atoms with Crippen LogP contribution in [0.25, 0.3) is 0 Å². The molecule has 1 saturated heterocycles.